The summed E-state index contributed by atoms with van der Waals surface area (Å²) in [5, 5.41) is 10.3. The van der Waals surface area contributed by atoms with E-state index in [4.69, 9.17) is 9.15 Å². The van der Waals surface area contributed by atoms with Crippen molar-refractivity contribution in [2.24, 2.45) is 0 Å². The number of benzene rings is 1. The van der Waals surface area contributed by atoms with Gasteiger partial charge in [0.15, 0.2) is 0 Å². The van der Waals surface area contributed by atoms with Crippen LogP contribution in [0.15, 0.2) is 28.7 Å². The van der Waals surface area contributed by atoms with Gasteiger partial charge in [0.05, 0.1) is 0 Å². The zero-order valence-corrected chi connectivity index (χ0v) is 11.1. The molecular formula is C14H15N3O3. The smallest absolute Gasteiger partial charge is 0.322 e. The van der Waals surface area contributed by atoms with Crippen molar-refractivity contribution in [2.75, 3.05) is 11.9 Å². The van der Waals surface area contributed by atoms with E-state index in [0.717, 1.165) is 18.4 Å². The van der Waals surface area contributed by atoms with Crippen LogP contribution in [0.5, 0.6) is 0 Å². The Bertz CT molecular complexity index is 618. The van der Waals surface area contributed by atoms with Crippen LogP contribution in [0.25, 0.3) is 0 Å². The number of rotatable bonds is 3. The first-order chi connectivity index (χ1) is 9.72. The molecule has 1 aromatic heterocycles. The molecule has 6 heteroatoms. The van der Waals surface area contributed by atoms with Crippen LogP contribution in [-0.4, -0.2) is 22.7 Å². The lowest BCUT2D eigenvalue weighted by Gasteiger charge is -2.03. The van der Waals surface area contributed by atoms with Gasteiger partial charge in [-0.1, -0.05) is 22.8 Å². The standard InChI is InChI=1S/C14H15N3O3/c1-9-4-2-5-10(8-9)12(18)15-14-17-16-13(20-14)11-6-3-7-19-11/h2,4-5,8,11H,3,6-7H2,1H3,(H,15,17,18). The molecule has 3 rings (SSSR count). The largest absolute Gasteiger partial charge is 0.405 e. The molecule has 20 heavy (non-hydrogen) atoms. The number of hydrogen-bond acceptors (Lipinski definition) is 5. The zero-order chi connectivity index (χ0) is 13.9. The Labute approximate surface area is 116 Å². The summed E-state index contributed by atoms with van der Waals surface area (Å²) in [6.07, 6.45) is 1.71. The molecule has 2 heterocycles. The van der Waals surface area contributed by atoms with E-state index in [0.29, 0.717) is 18.1 Å². The third-order valence-corrected chi connectivity index (χ3v) is 3.15. The molecule has 0 saturated carbocycles. The molecule has 0 bridgehead atoms. The van der Waals surface area contributed by atoms with Crippen molar-refractivity contribution >= 4 is 11.9 Å². The van der Waals surface area contributed by atoms with Crippen molar-refractivity contribution < 1.29 is 13.9 Å². The van der Waals surface area contributed by atoms with Crippen molar-refractivity contribution in [2.45, 2.75) is 25.9 Å². The van der Waals surface area contributed by atoms with E-state index < -0.39 is 0 Å². The fourth-order valence-corrected chi connectivity index (χ4v) is 2.14. The highest BCUT2D eigenvalue weighted by Crippen LogP contribution is 2.28. The number of ether oxygens (including phenoxy) is 1. The first-order valence-corrected chi connectivity index (χ1v) is 6.55. The average molecular weight is 273 g/mol. The molecule has 1 amide bonds. The third-order valence-electron chi connectivity index (χ3n) is 3.15. The molecule has 1 aliphatic rings. The van der Waals surface area contributed by atoms with Gasteiger partial charge in [-0.05, 0) is 31.9 Å². The summed E-state index contributed by atoms with van der Waals surface area (Å²) in [4.78, 5) is 12.0. The number of nitrogens with one attached hydrogen (secondary N) is 1. The molecule has 1 aromatic carbocycles. The van der Waals surface area contributed by atoms with Crippen LogP contribution in [0.2, 0.25) is 0 Å². The number of anilines is 1. The molecule has 0 aliphatic carbocycles. The Morgan fingerprint density at radius 3 is 3.05 bits per heavy atom. The highest BCUT2D eigenvalue weighted by Gasteiger charge is 2.24. The van der Waals surface area contributed by atoms with Crippen molar-refractivity contribution in [1.29, 1.82) is 0 Å². The molecule has 1 unspecified atom stereocenters. The summed E-state index contributed by atoms with van der Waals surface area (Å²) < 4.78 is 10.9. The highest BCUT2D eigenvalue weighted by atomic mass is 16.5. The lowest BCUT2D eigenvalue weighted by molar-refractivity contribution is 0.0893. The minimum Gasteiger partial charge on any atom is -0.405 e. The van der Waals surface area contributed by atoms with Crippen LogP contribution in [0, 0.1) is 6.92 Å². The number of aromatic nitrogens is 2. The maximum Gasteiger partial charge on any atom is 0.322 e. The van der Waals surface area contributed by atoms with E-state index in [2.05, 4.69) is 15.5 Å². The third kappa shape index (κ3) is 2.70. The first-order valence-electron chi connectivity index (χ1n) is 6.55. The summed E-state index contributed by atoms with van der Waals surface area (Å²) in [5.74, 6) is 0.151. The number of hydrogen-bond donors (Lipinski definition) is 1. The van der Waals surface area contributed by atoms with Crippen LogP contribution < -0.4 is 5.32 Å². The molecule has 6 nitrogen and oxygen atoms in total. The molecule has 104 valence electrons. The predicted octanol–water partition coefficient (Wildman–Crippen LogP) is 2.48. The second kappa shape index (κ2) is 5.42. The fourth-order valence-electron chi connectivity index (χ4n) is 2.14. The monoisotopic (exact) mass is 273 g/mol. The Morgan fingerprint density at radius 1 is 1.40 bits per heavy atom. The molecule has 0 spiro atoms. The van der Waals surface area contributed by atoms with Crippen molar-refractivity contribution in [3.63, 3.8) is 0 Å². The molecule has 1 atom stereocenters. The first kappa shape index (κ1) is 12.8. The van der Waals surface area contributed by atoms with E-state index >= 15 is 0 Å². The van der Waals surface area contributed by atoms with Crippen LogP contribution >= 0.6 is 0 Å². The van der Waals surface area contributed by atoms with Gasteiger partial charge in [0.2, 0.25) is 5.89 Å². The van der Waals surface area contributed by atoms with E-state index in [9.17, 15) is 4.79 Å². The van der Waals surface area contributed by atoms with E-state index in [1.54, 1.807) is 12.1 Å². The van der Waals surface area contributed by atoms with E-state index in [1.165, 1.54) is 0 Å². The lowest BCUT2D eigenvalue weighted by atomic mass is 10.1. The predicted molar refractivity (Wildman–Crippen MR) is 71.4 cm³/mol. The minimum atomic E-state index is -0.267. The van der Waals surface area contributed by atoms with Crippen molar-refractivity contribution in [1.82, 2.24) is 10.2 Å². The molecule has 1 aliphatic heterocycles. The maximum absolute atomic E-state index is 12.0. The molecule has 0 radical (unpaired) electrons. The normalized spacial score (nSPS) is 18.1. The molecule has 1 saturated heterocycles. The highest BCUT2D eigenvalue weighted by molar-refractivity contribution is 6.03. The summed E-state index contributed by atoms with van der Waals surface area (Å²) in [7, 11) is 0. The summed E-state index contributed by atoms with van der Waals surface area (Å²) in [6.45, 7) is 2.64. The van der Waals surface area contributed by atoms with Crippen molar-refractivity contribution in [3.8, 4) is 0 Å². The van der Waals surface area contributed by atoms with E-state index in [-0.39, 0.29) is 18.0 Å². The van der Waals surface area contributed by atoms with Gasteiger partial charge in [-0.2, -0.15) is 0 Å². The van der Waals surface area contributed by atoms with Gasteiger partial charge in [0.1, 0.15) is 6.10 Å². The van der Waals surface area contributed by atoms with Crippen LogP contribution in [0.3, 0.4) is 0 Å². The Hall–Kier alpha value is -2.21. The quantitative estimate of drug-likeness (QED) is 0.929. The fraction of sp³-hybridized carbons (Fsp3) is 0.357. The second-order valence-electron chi connectivity index (χ2n) is 4.77. The van der Waals surface area contributed by atoms with Gasteiger partial charge in [0.25, 0.3) is 5.91 Å². The number of carbonyl (C=O) groups excluding carboxylic acids is 1. The van der Waals surface area contributed by atoms with Gasteiger partial charge in [-0.3, -0.25) is 10.1 Å². The summed E-state index contributed by atoms with van der Waals surface area (Å²) >= 11 is 0. The number of amides is 1. The molecular weight excluding hydrogens is 258 g/mol. The van der Waals surface area contributed by atoms with Gasteiger partial charge in [-0.25, -0.2) is 0 Å². The Kier molecular flexibility index (Phi) is 3.47. The van der Waals surface area contributed by atoms with Crippen LogP contribution in [0.4, 0.5) is 6.01 Å². The van der Waals surface area contributed by atoms with Gasteiger partial charge in [0, 0.05) is 12.2 Å². The molecule has 1 fully saturated rings. The van der Waals surface area contributed by atoms with Crippen molar-refractivity contribution in [3.05, 3.63) is 41.3 Å². The Balaban J connectivity index is 1.70. The molecule has 2 aromatic rings. The molecule has 1 N–H and O–H groups in total. The number of aryl methyl sites for hydroxylation is 1. The summed E-state index contributed by atoms with van der Waals surface area (Å²) in [5.41, 5.74) is 1.57. The maximum atomic E-state index is 12.0. The van der Waals surface area contributed by atoms with Gasteiger partial charge >= 0.3 is 6.01 Å². The number of carbonyl (C=O) groups is 1. The minimum absolute atomic E-state index is 0.0991. The average Bonchev–Trinajstić information content (AvgIpc) is 3.08. The van der Waals surface area contributed by atoms with Crippen LogP contribution in [-0.2, 0) is 4.74 Å². The van der Waals surface area contributed by atoms with Crippen LogP contribution in [0.1, 0.15) is 40.8 Å². The van der Waals surface area contributed by atoms with E-state index in [1.807, 2.05) is 19.1 Å². The Morgan fingerprint density at radius 2 is 2.30 bits per heavy atom. The van der Waals surface area contributed by atoms with Gasteiger partial charge < -0.3 is 9.15 Å². The number of nitrogens with zero attached hydrogens (tertiary/aromatic N) is 2. The van der Waals surface area contributed by atoms with Gasteiger partial charge in [-0.15, -0.1) is 5.10 Å². The second-order valence-corrected chi connectivity index (χ2v) is 4.77. The SMILES string of the molecule is Cc1cccc(C(=O)Nc2nnc(C3CCCO3)o2)c1. The lowest BCUT2D eigenvalue weighted by Crippen LogP contribution is -2.12. The zero-order valence-electron chi connectivity index (χ0n) is 11.1. The topological polar surface area (TPSA) is 77.2 Å². The summed E-state index contributed by atoms with van der Waals surface area (Å²) in [6, 6.07) is 7.39.